The Hall–Kier alpha value is -0.620. The van der Waals surface area contributed by atoms with E-state index < -0.39 is 5.60 Å². The zero-order valence-corrected chi connectivity index (χ0v) is 12.0. The number of likely N-dealkylation sites (tertiary alicyclic amines) is 1. The largest absolute Gasteiger partial charge is 0.390 e. The van der Waals surface area contributed by atoms with Crippen LogP contribution in [0.2, 0.25) is 0 Å². The second kappa shape index (κ2) is 4.94. The van der Waals surface area contributed by atoms with E-state index in [9.17, 15) is 9.90 Å². The van der Waals surface area contributed by atoms with Crippen molar-refractivity contribution in [2.24, 2.45) is 0 Å². The van der Waals surface area contributed by atoms with Gasteiger partial charge in [-0.25, -0.2) is 0 Å². The molecule has 0 radical (unpaired) electrons. The Bertz CT molecular complexity index is 421. The van der Waals surface area contributed by atoms with Crippen molar-refractivity contribution in [1.82, 2.24) is 4.90 Å². The van der Waals surface area contributed by atoms with E-state index in [4.69, 9.17) is 0 Å². The maximum Gasteiger partial charge on any atom is 0.254 e. The molecule has 17 heavy (non-hydrogen) atoms. The minimum absolute atomic E-state index is 0.0745. The molecule has 0 aromatic heterocycles. The molecule has 1 aromatic rings. The minimum atomic E-state index is -0.610. The third-order valence-electron chi connectivity index (χ3n) is 3.23. The molecule has 1 amide bonds. The van der Waals surface area contributed by atoms with Crippen LogP contribution in [0.1, 0.15) is 30.1 Å². The first-order valence-electron chi connectivity index (χ1n) is 5.76. The molecule has 1 N–H and O–H groups in total. The maximum absolute atomic E-state index is 12.3. The summed E-state index contributed by atoms with van der Waals surface area (Å²) in [6, 6.07) is 7.61. The number of nitrogens with zero attached hydrogens (tertiary/aromatic N) is 1. The fraction of sp³-hybridized carbons (Fsp3) is 0.462. The number of aliphatic hydroxyl groups is 1. The van der Waals surface area contributed by atoms with Crippen molar-refractivity contribution in [3.63, 3.8) is 0 Å². The van der Waals surface area contributed by atoms with Crippen molar-refractivity contribution in [2.45, 2.75) is 25.4 Å². The van der Waals surface area contributed by atoms with Crippen LogP contribution in [0.3, 0.4) is 0 Å². The summed E-state index contributed by atoms with van der Waals surface area (Å²) in [6.07, 6.45) is 1.31. The molecule has 92 valence electrons. The van der Waals surface area contributed by atoms with E-state index in [1.807, 2.05) is 36.1 Å². The smallest absolute Gasteiger partial charge is 0.254 e. The van der Waals surface area contributed by atoms with Gasteiger partial charge in [0.1, 0.15) is 0 Å². The summed E-state index contributed by atoms with van der Waals surface area (Å²) in [6.45, 7) is 3.11. The molecule has 1 saturated heterocycles. The highest BCUT2D eigenvalue weighted by molar-refractivity contribution is 14.1. The third kappa shape index (κ3) is 2.98. The SMILES string of the molecule is CC1(O)CCN(C(=O)c2ccccc2I)CC1. The van der Waals surface area contributed by atoms with Gasteiger partial charge in [-0.1, -0.05) is 12.1 Å². The van der Waals surface area contributed by atoms with E-state index in [0.717, 1.165) is 9.13 Å². The Morgan fingerprint density at radius 2 is 1.94 bits per heavy atom. The zero-order chi connectivity index (χ0) is 12.5. The van der Waals surface area contributed by atoms with Gasteiger partial charge in [-0.2, -0.15) is 0 Å². The number of rotatable bonds is 1. The predicted molar refractivity (Wildman–Crippen MR) is 74.9 cm³/mol. The lowest BCUT2D eigenvalue weighted by Crippen LogP contribution is -2.45. The highest BCUT2D eigenvalue weighted by Crippen LogP contribution is 2.23. The van der Waals surface area contributed by atoms with Crippen LogP contribution in [0.4, 0.5) is 0 Å². The van der Waals surface area contributed by atoms with Crippen molar-refractivity contribution in [2.75, 3.05) is 13.1 Å². The number of carbonyl (C=O) groups is 1. The average molecular weight is 345 g/mol. The Morgan fingerprint density at radius 3 is 2.53 bits per heavy atom. The first kappa shape index (κ1) is 12.8. The molecule has 4 heteroatoms. The molecule has 2 rings (SSSR count). The van der Waals surface area contributed by atoms with Gasteiger partial charge >= 0.3 is 0 Å². The molecule has 1 fully saturated rings. The zero-order valence-electron chi connectivity index (χ0n) is 9.82. The maximum atomic E-state index is 12.3. The van der Waals surface area contributed by atoms with Gasteiger partial charge in [-0.3, -0.25) is 4.79 Å². The van der Waals surface area contributed by atoms with Crippen LogP contribution in [-0.2, 0) is 0 Å². The lowest BCUT2D eigenvalue weighted by Gasteiger charge is -2.35. The molecule has 1 heterocycles. The second-order valence-electron chi connectivity index (χ2n) is 4.77. The molecule has 0 aliphatic carbocycles. The van der Waals surface area contributed by atoms with Crippen molar-refractivity contribution < 1.29 is 9.90 Å². The van der Waals surface area contributed by atoms with Gasteiger partial charge in [0.2, 0.25) is 0 Å². The van der Waals surface area contributed by atoms with Gasteiger partial charge in [0.05, 0.1) is 11.2 Å². The summed E-state index contributed by atoms with van der Waals surface area (Å²) >= 11 is 2.18. The standard InChI is InChI=1S/C13H16INO2/c1-13(17)6-8-15(9-7-13)12(16)10-4-2-3-5-11(10)14/h2-5,17H,6-9H2,1H3. The second-order valence-corrected chi connectivity index (χ2v) is 5.93. The van der Waals surface area contributed by atoms with Crippen molar-refractivity contribution in [3.05, 3.63) is 33.4 Å². The summed E-state index contributed by atoms with van der Waals surface area (Å²) in [7, 11) is 0. The van der Waals surface area contributed by atoms with E-state index in [-0.39, 0.29) is 5.91 Å². The minimum Gasteiger partial charge on any atom is -0.390 e. The van der Waals surface area contributed by atoms with Crippen LogP contribution >= 0.6 is 22.6 Å². The molecule has 1 aliphatic heterocycles. The van der Waals surface area contributed by atoms with E-state index in [2.05, 4.69) is 22.6 Å². The van der Waals surface area contributed by atoms with Crippen LogP contribution in [0.15, 0.2) is 24.3 Å². The summed E-state index contributed by atoms with van der Waals surface area (Å²) in [5.41, 5.74) is 0.148. The lowest BCUT2D eigenvalue weighted by atomic mass is 9.93. The molecule has 1 aromatic carbocycles. The summed E-state index contributed by atoms with van der Waals surface area (Å²) < 4.78 is 0.979. The summed E-state index contributed by atoms with van der Waals surface area (Å²) in [4.78, 5) is 14.1. The molecule has 3 nitrogen and oxygen atoms in total. The highest BCUT2D eigenvalue weighted by Gasteiger charge is 2.30. The normalized spacial score (nSPS) is 19.1. The quantitative estimate of drug-likeness (QED) is 0.794. The van der Waals surface area contributed by atoms with Gasteiger partial charge in [-0.05, 0) is 54.5 Å². The molecule has 0 saturated carbocycles. The fourth-order valence-corrected chi connectivity index (χ4v) is 2.61. The third-order valence-corrected chi connectivity index (χ3v) is 4.17. The summed E-state index contributed by atoms with van der Waals surface area (Å²) in [5.74, 6) is 0.0745. The number of carbonyl (C=O) groups excluding carboxylic acids is 1. The molecular formula is C13H16INO2. The number of hydrogen-bond donors (Lipinski definition) is 1. The predicted octanol–water partition coefficient (Wildman–Crippen LogP) is 2.28. The van der Waals surface area contributed by atoms with Crippen molar-refractivity contribution in [3.8, 4) is 0 Å². The average Bonchev–Trinajstić information content (AvgIpc) is 2.29. The number of benzene rings is 1. The highest BCUT2D eigenvalue weighted by atomic mass is 127. The van der Waals surface area contributed by atoms with Crippen LogP contribution in [0, 0.1) is 3.57 Å². The monoisotopic (exact) mass is 345 g/mol. The molecular weight excluding hydrogens is 329 g/mol. The summed E-state index contributed by atoms with van der Waals surface area (Å²) in [5, 5.41) is 9.86. The van der Waals surface area contributed by atoms with Crippen LogP contribution in [0.25, 0.3) is 0 Å². The van der Waals surface area contributed by atoms with E-state index in [1.54, 1.807) is 0 Å². The molecule has 0 spiro atoms. The Balaban J connectivity index is 2.10. The van der Waals surface area contributed by atoms with E-state index >= 15 is 0 Å². The molecule has 0 bridgehead atoms. The van der Waals surface area contributed by atoms with Gasteiger partial charge in [-0.15, -0.1) is 0 Å². The molecule has 0 unspecified atom stereocenters. The van der Waals surface area contributed by atoms with Crippen LogP contribution in [-0.4, -0.2) is 34.6 Å². The van der Waals surface area contributed by atoms with Crippen molar-refractivity contribution >= 4 is 28.5 Å². The van der Waals surface area contributed by atoms with E-state index in [0.29, 0.717) is 25.9 Å². The molecule has 1 aliphatic rings. The molecule has 0 atom stereocenters. The fourth-order valence-electron chi connectivity index (χ4n) is 2.00. The van der Waals surface area contributed by atoms with E-state index in [1.165, 1.54) is 0 Å². The number of hydrogen-bond acceptors (Lipinski definition) is 2. The number of piperidine rings is 1. The van der Waals surface area contributed by atoms with Gasteiger partial charge < -0.3 is 10.0 Å². The van der Waals surface area contributed by atoms with Crippen LogP contribution in [0.5, 0.6) is 0 Å². The van der Waals surface area contributed by atoms with Gasteiger partial charge in [0.15, 0.2) is 0 Å². The number of amides is 1. The van der Waals surface area contributed by atoms with Gasteiger partial charge in [0.25, 0.3) is 5.91 Å². The first-order valence-corrected chi connectivity index (χ1v) is 6.84. The Labute approximate surface area is 115 Å². The topological polar surface area (TPSA) is 40.5 Å². The van der Waals surface area contributed by atoms with Crippen LogP contribution < -0.4 is 0 Å². The van der Waals surface area contributed by atoms with Gasteiger partial charge in [0, 0.05) is 16.7 Å². The lowest BCUT2D eigenvalue weighted by molar-refractivity contribution is -0.00205. The Kier molecular flexibility index (Phi) is 3.73. The number of halogens is 1. The Morgan fingerprint density at radius 1 is 1.35 bits per heavy atom. The first-order chi connectivity index (χ1) is 7.99. The van der Waals surface area contributed by atoms with Crippen molar-refractivity contribution in [1.29, 1.82) is 0 Å².